The first kappa shape index (κ1) is 19.3. The highest BCUT2D eigenvalue weighted by Gasteiger charge is 2.14. The molecule has 1 N–H and O–H groups in total. The Labute approximate surface area is 181 Å². The van der Waals surface area contributed by atoms with E-state index in [1.807, 2.05) is 24.3 Å². The van der Waals surface area contributed by atoms with Crippen molar-refractivity contribution in [1.82, 2.24) is 14.5 Å². The maximum absolute atomic E-state index is 13.3. The van der Waals surface area contributed by atoms with Crippen molar-refractivity contribution in [3.8, 4) is 28.6 Å². The van der Waals surface area contributed by atoms with Crippen LogP contribution in [0, 0.1) is 11.3 Å². The molecule has 5 rings (SSSR count). The van der Waals surface area contributed by atoms with E-state index in [1.165, 1.54) is 6.20 Å². The van der Waals surface area contributed by atoms with Gasteiger partial charge in [-0.25, -0.2) is 9.36 Å². The van der Waals surface area contributed by atoms with E-state index in [1.54, 1.807) is 49.7 Å². The molecule has 0 unspecified atom stereocenters. The van der Waals surface area contributed by atoms with Crippen molar-refractivity contribution >= 4 is 21.7 Å². The fourth-order valence-electron chi connectivity index (χ4n) is 3.87. The number of nitrogens with one attached hydrogen (secondary N) is 1. The number of fused-ring (bicyclic) bond motifs is 2. The van der Waals surface area contributed by atoms with E-state index in [-0.39, 0.29) is 0 Å². The number of nitrogens with zero attached hydrogens (tertiary/aromatic N) is 3. The molecule has 0 atom stereocenters. The largest absolute Gasteiger partial charge is 0.497 e. The third kappa shape index (κ3) is 3.02. The van der Waals surface area contributed by atoms with Gasteiger partial charge in [-0.2, -0.15) is 5.26 Å². The smallest absolute Gasteiger partial charge is 0.333 e. The van der Waals surface area contributed by atoms with E-state index in [2.05, 4.69) is 16.0 Å². The number of hydrogen-bond donors (Lipinski definition) is 1. The van der Waals surface area contributed by atoms with Gasteiger partial charge in [-0.3, -0.25) is 9.78 Å². The summed E-state index contributed by atoms with van der Waals surface area (Å²) in [5, 5.41) is 11.4. The molecule has 0 aliphatic rings. The minimum Gasteiger partial charge on any atom is -0.497 e. The molecule has 7 heteroatoms. The van der Waals surface area contributed by atoms with Gasteiger partial charge >= 0.3 is 5.69 Å². The predicted octanol–water partition coefficient (Wildman–Crippen LogP) is 3.77. The molecule has 32 heavy (non-hydrogen) atoms. The Hall–Kier alpha value is -4.70. The van der Waals surface area contributed by atoms with Gasteiger partial charge in [0, 0.05) is 22.5 Å². The molecule has 2 heterocycles. The molecule has 3 aromatic carbocycles. The highest BCUT2D eigenvalue weighted by Crippen LogP contribution is 2.29. The maximum atomic E-state index is 13.3. The zero-order valence-corrected chi connectivity index (χ0v) is 17.0. The van der Waals surface area contributed by atoms with Crippen molar-refractivity contribution in [2.45, 2.75) is 0 Å². The first-order valence-electron chi connectivity index (χ1n) is 9.81. The number of methoxy groups -OCH3 is 1. The van der Waals surface area contributed by atoms with Gasteiger partial charge in [-0.15, -0.1) is 0 Å². The Kier molecular flexibility index (Phi) is 4.53. The lowest BCUT2D eigenvalue weighted by Crippen LogP contribution is -2.33. The quantitative estimate of drug-likeness (QED) is 0.479. The number of pyridine rings is 1. The number of aromatic amines is 1. The van der Waals surface area contributed by atoms with Crippen LogP contribution in [0.5, 0.6) is 5.75 Å². The summed E-state index contributed by atoms with van der Waals surface area (Å²) in [5.41, 5.74) is 1.59. The van der Waals surface area contributed by atoms with Crippen LogP contribution in [0.25, 0.3) is 38.5 Å². The van der Waals surface area contributed by atoms with Crippen molar-refractivity contribution in [3.63, 3.8) is 0 Å². The van der Waals surface area contributed by atoms with E-state index in [0.717, 1.165) is 15.3 Å². The topological polar surface area (TPSA) is 101 Å². The van der Waals surface area contributed by atoms with E-state index in [9.17, 15) is 14.9 Å². The summed E-state index contributed by atoms with van der Waals surface area (Å²) in [7, 11) is 1.55. The molecule has 0 amide bonds. The second-order valence-corrected chi connectivity index (χ2v) is 7.23. The molecular formula is C25H16N4O3. The van der Waals surface area contributed by atoms with Gasteiger partial charge in [-0.1, -0.05) is 30.3 Å². The van der Waals surface area contributed by atoms with Crippen molar-refractivity contribution in [3.05, 3.63) is 99.5 Å². The molecule has 0 fully saturated rings. The Morgan fingerprint density at radius 3 is 2.66 bits per heavy atom. The van der Waals surface area contributed by atoms with Crippen LogP contribution in [0.1, 0.15) is 5.56 Å². The first-order chi connectivity index (χ1) is 15.6. The van der Waals surface area contributed by atoms with E-state index in [4.69, 9.17) is 4.74 Å². The van der Waals surface area contributed by atoms with Gasteiger partial charge in [-0.05, 0) is 35.9 Å². The minimum atomic E-state index is -0.566. The lowest BCUT2D eigenvalue weighted by atomic mass is 9.99. The summed E-state index contributed by atoms with van der Waals surface area (Å²) in [6.45, 7) is 0. The van der Waals surface area contributed by atoms with E-state index in [0.29, 0.717) is 39.0 Å². The third-order valence-corrected chi connectivity index (χ3v) is 5.44. The van der Waals surface area contributed by atoms with Crippen LogP contribution in [0.3, 0.4) is 0 Å². The van der Waals surface area contributed by atoms with Crippen LogP contribution < -0.4 is 16.0 Å². The molecule has 0 bridgehead atoms. The summed E-state index contributed by atoms with van der Waals surface area (Å²) >= 11 is 0. The zero-order chi connectivity index (χ0) is 22.2. The SMILES string of the molecule is COc1ccc(C#N)c(-c2ccc3c(=O)n(-c4cncc5ccccc45)c(=O)[nH]c3c2)c1. The van der Waals surface area contributed by atoms with Gasteiger partial charge in [0.2, 0.25) is 0 Å². The Bertz CT molecular complexity index is 1670. The van der Waals surface area contributed by atoms with Crippen LogP contribution in [-0.2, 0) is 0 Å². The summed E-state index contributed by atoms with van der Waals surface area (Å²) in [5.74, 6) is 0.603. The number of H-pyrrole nitrogens is 1. The summed E-state index contributed by atoms with van der Waals surface area (Å²) in [4.78, 5) is 33.3. The zero-order valence-electron chi connectivity index (χ0n) is 17.0. The van der Waals surface area contributed by atoms with Crippen LogP contribution in [0.15, 0.2) is 82.6 Å². The lowest BCUT2D eigenvalue weighted by Gasteiger charge is -2.11. The molecule has 0 saturated heterocycles. The highest BCUT2D eigenvalue weighted by atomic mass is 16.5. The van der Waals surface area contributed by atoms with E-state index >= 15 is 0 Å². The highest BCUT2D eigenvalue weighted by molar-refractivity contribution is 5.90. The molecule has 7 nitrogen and oxygen atoms in total. The van der Waals surface area contributed by atoms with Gasteiger partial charge in [0.05, 0.1) is 41.5 Å². The number of benzene rings is 3. The van der Waals surface area contributed by atoms with Crippen molar-refractivity contribution in [2.24, 2.45) is 0 Å². The molecule has 0 aliphatic heterocycles. The molecule has 0 aliphatic carbocycles. The monoisotopic (exact) mass is 420 g/mol. The lowest BCUT2D eigenvalue weighted by molar-refractivity contribution is 0.415. The van der Waals surface area contributed by atoms with Crippen LogP contribution in [0.4, 0.5) is 0 Å². The Balaban J connectivity index is 1.75. The summed E-state index contributed by atoms with van der Waals surface area (Å²) < 4.78 is 6.38. The number of nitriles is 1. The number of rotatable bonds is 3. The second-order valence-electron chi connectivity index (χ2n) is 7.23. The first-order valence-corrected chi connectivity index (χ1v) is 9.81. The van der Waals surface area contributed by atoms with Crippen molar-refractivity contribution in [1.29, 1.82) is 5.26 Å². The summed E-state index contributed by atoms with van der Waals surface area (Å²) in [6, 6.07) is 19.8. The van der Waals surface area contributed by atoms with Gasteiger partial charge in [0.25, 0.3) is 5.56 Å². The van der Waals surface area contributed by atoms with Crippen molar-refractivity contribution < 1.29 is 4.74 Å². The Morgan fingerprint density at radius 1 is 1.00 bits per heavy atom. The third-order valence-electron chi connectivity index (χ3n) is 5.44. The van der Waals surface area contributed by atoms with Crippen molar-refractivity contribution in [2.75, 3.05) is 7.11 Å². The van der Waals surface area contributed by atoms with Gasteiger partial charge in [0.15, 0.2) is 0 Å². The second kappa shape index (κ2) is 7.52. The van der Waals surface area contributed by atoms with Gasteiger partial charge < -0.3 is 9.72 Å². The van der Waals surface area contributed by atoms with Gasteiger partial charge in [0.1, 0.15) is 5.75 Å². The normalized spacial score (nSPS) is 10.9. The van der Waals surface area contributed by atoms with Crippen LogP contribution >= 0.6 is 0 Å². The molecule has 0 spiro atoms. The number of aromatic nitrogens is 3. The average Bonchev–Trinajstić information content (AvgIpc) is 2.83. The maximum Gasteiger partial charge on any atom is 0.333 e. The standard InChI is InChI=1S/C25H16N4O3/c1-32-18-8-6-16(12-26)21(11-18)15-7-9-20-22(10-15)28-25(31)29(24(20)30)23-14-27-13-17-4-2-3-5-19(17)23/h2-11,13-14H,1H3,(H,28,31). The predicted molar refractivity (Wildman–Crippen MR) is 122 cm³/mol. The molecule has 0 saturated carbocycles. The van der Waals surface area contributed by atoms with Crippen LogP contribution in [-0.4, -0.2) is 21.6 Å². The fraction of sp³-hybridized carbons (Fsp3) is 0.0400. The van der Waals surface area contributed by atoms with Crippen LogP contribution in [0.2, 0.25) is 0 Å². The van der Waals surface area contributed by atoms with E-state index < -0.39 is 11.2 Å². The number of ether oxygens (including phenoxy) is 1. The minimum absolute atomic E-state index is 0.350. The molecule has 5 aromatic rings. The number of hydrogen-bond acceptors (Lipinski definition) is 5. The molecular weight excluding hydrogens is 404 g/mol. The fourth-order valence-corrected chi connectivity index (χ4v) is 3.87. The Morgan fingerprint density at radius 2 is 1.84 bits per heavy atom. The molecule has 154 valence electrons. The molecule has 2 aromatic heterocycles. The molecule has 0 radical (unpaired) electrons. The average molecular weight is 420 g/mol. The summed E-state index contributed by atoms with van der Waals surface area (Å²) in [6.07, 6.45) is 3.20.